The summed E-state index contributed by atoms with van der Waals surface area (Å²) in [6.45, 7) is 6.54. The highest BCUT2D eigenvalue weighted by Gasteiger charge is 2.05. The van der Waals surface area contributed by atoms with Crippen molar-refractivity contribution in [3.63, 3.8) is 0 Å². The molecule has 0 saturated heterocycles. The Balaban J connectivity index is 1.95. The molecule has 1 heterocycles. The zero-order valence-electron chi connectivity index (χ0n) is 10.3. The van der Waals surface area contributed by atoms with Crippen LogP contribution in [-0.4, -0.2) is 9.78 Å². The molecule has 4 heteroatoms. The fourth-order valence-electron chi connectivity index (χ4n) is 1.73. The highest BCUT2D eigenvalue weighted by molar-refractivity contribution is 6.30. The predicted molar refractivity (Wildman–Crippen MR) is 75.3 cm³/mol. The third-order valence-electron chi connectivity index (χ3n) is 2.80. The van der Waals surface area contributed by atoms with Crippen LogP contribution in [0.4, 0.5) is 0 Å². The van der Waals surface area contributed by atoms with Gasteiger partial charge in [-0.15, -0.1) is 0 Å². The number of nitrogens with zero attached hydrogens (tertiary/aromatic N) is 2. The minimum atomic E-state index is 0.246. The van der Waals surface area contributed by atoms with E-state index in [1.165, 1.54) is 5.56 Å². The molecule has 0 aliphatic rings. The Hall–Kier alpha value is -1.58. The molecule has 1 aromatic heterocycles. The van der Waals surface area contributed by atoms with E-state index in [-0.39, 0.29) is 6.04 Å². The minimum absolute atomic E-state index is 0.246. The smallest absolute Gasteiger partial charge is 0.0538 e. The molecule has 2 rings (SSSR count). The van der Waals surface area contributed by atoms with E-state index in [2.05, 4.69) is 30.0 Å². The van der Waals surface area contributed by atoms with Gasteiger partial charge in [-0.05, 0) is 24.6 Å². The van der Waals surface area contributed by atoms with Gasteiger partial charge in [-0.1, -0.05) is 30.3 Å². The second-order valence-electron chi connectivity index (χ2n) is 4.17. The maximum Gasteiger partial charge on any atom is 0.0538 e. The third kappa shape index (κ3) is 3.22. The molecule has 1 atom stereocenters. The Morgan fingerprint density at radius 3 is 3.06 bits per heavy atom. The molecule has 0 amide bonds. The predicted octanol–water partition coefficient (Wildman–Crippen LogP) is 3.49. The van der Waals surface area contributed by atoms with Crippen LogP contribution in [0.2, 0.25) is 5.02 Å². The average Bonchev–Trinajstić information content (AvgIpc) is 2.84. The minimum Gasteiger partial charge on any atom is -0.306 e. The lowest BCUT2D eigenvalue weighted by atomic mass is 10.1. The van der Waals surface area contributed by atoms with E-state index in [9.17, 15) is 0 Å². The summed E-state index contributed by atoms with van der Waals surface area (Å²) in [6.07, 6.45) is 5.45. The van der Waals surface area contributed by atoms with E-state index in [4.69, 9.17) is 11.6 Å². The van der Waals surface area contributed by atoms with Crippen LogP contribution in [-0.2, 0) is 6.54 Å². The van der Waals surface area contributed by atoms with Gasteiger partial charge in [-0.3, -0.25) is 0 Å². The van der Waals surface area contributed by atoms with Crippen LogP contribution in [0.25, 0.3) is 6.20 Å². The van der Waals surface area contributed by atoms with Gasteiger partial charge in [-0.25, -0.2) is 4.68 Å². The number of halogens is 1. The largest absolute Gasteiger partial charge is 0.306 e. The monoisotopic (exact) mass is 261 g/mol. The lowest BCUT2D eigenvalue weighted by Crippen LogP contribution is -2.17. The summed E-state index contributed by atoms with van der Waals surface area (Å²) in [7, 11) is 0. The zero-order valence-corrected chi connectivity index (χ0v) is 11.1. The molecule has 0 aliphatic heterocycles. The number of hydrogen-bond donors (Lipinski definition) is 1. The van der Waals surface area contributed by atoms with Gasteiger partial charge in [0.2, 0.25) is 0 Å². The van der Waals surface area contributed by atoms with Crippen molar-refractivity contribution in [1.29, 1.82) is 0 Å². The Morgan fingerprint density at radius 1 is 1.56 bits per heavy atom. The first kappa shape index (κ1) is 12.9. The van der Waals surface area contributed by atoms with Crippen molar-refractivity contribution in [3.05, 3.63) is 59.4 Å². The molecule has 0 radical (unpaired) electrons. The van der Waals surface area contributed by atoms with E-state index in [1.807, 2.05) is 30.6 Å². The van der Waals surface area contributed by atoms with E-state index in [0.29, 0.717) is 0 Å². The summed E-state index contributed by atoms with van der Waals surface area (Å²) >= 11 is 5.98. The molecule has 3 nitrogen and oxygen atoms in total. The van der Waals surface area contributed by atoms with Crippen molar-refractivity contribution in [2.24, 2.45) is 0 Å². The molecular formula is C14H16ClN3. The molecule has 1 N–H and O–H groups in total. The van der Waals surface area contributed by atoms with Gasteiger partial charge in [-0.2, -0.15) is 5.10 Å². The molecule has 0 saturated carbocycles. The van der Waals surface area contributed by atoms with E-state index < -0.39 is 0 Å². The van der Waals surface area contributed by atoms with Crippen LogP contribution in [0, 0.1) is 0 Å². The average molecular weight is 262 g/mol. The second-order valence-corrected chi connectivity index (χ2v) is 4.61. The van der Waals surface area contributed by atoms with Gasteiger partial charge in [0.05, 0.1) is 6.20 Å². The van der Waals surface area contributed by atoms with Crippen molar-refractivity contribution in [2.45, 2.75) is 19.5 Å². The molecule has 0 bridgehead atoms. The maximum atomic E-state index is 5.98. The van der Waals surface area contributed by atoms with Crippen LogP contribution in [0.15, 0.2) is 43.2 Å². The van der Waals surface area contributed by atoms with Gasteiger partial charge in [0.1, 0.15) is 0 Å². The molecule has 0 fully saturated rings. The molecule has 94 valence electrons. The lowest BCUT2D eigenvalue weighted by Gasteiger charge is -2.13. The highest BCUT2D eigenvalue weighted by atomic mass is 35.5. The van der Waals surface area contributed by atoms with Crippen LogP contribution in [0.1, 0.15) is 24.1 Å². The van der Waals surface area contributed by atoms with Crippen molar-refractivity contribution in [1.82, 2.24) is 15.1 Å². The molecule has 0 unspecified atom stereocenters. The van der Waals surface area contributed by atoms with Gasteiger partial charge in [0.25, 0.3) is 0 Å². The number of nitrogens with one attached hydrogen (secondary N) is 1. The van der Waals surface area contributed by atoms with Crippen molar-refractivity contribution in [2.75, 3.05) is 0 Å². The van der Waals surface area contributed by atoms with Crippen molar-refractivity contribution in [3.8, 4) is 0 Å². The standard InChI is InChI=1S/C14H16ClN3/c1-3-18-10-12(9-17-18)8-16-11(2)13-5-4-6-14(15)7-13/h3-7,9-11,16H,1,8H2,2H3/t11-/m0/s1. The summed E-state index contributed by atoms with van der Waals surface area (Å²) in [5.41, 5.74) is 2.31. The summed E-state index contributed by atoms with van der Waals surface area (Å²) in [5, 5.41) is 8.34. The van der Waals surface area contributed by atoms with Gasteiger partial charge >= 0.3 is 0 Å². The SMILES string of the molecule is C=Cn1cc(CN[C@@H](C)c2cccc(Cl)c2)cn1. The normalized spacial score (nSPS) is 12.3. The van der Waals surface area contributed by atoms with Gasteiger partial charge < -0.3 is 5.32 Å². The number of hydrogen-bond acceptors (Lipinski definition) is 2. The molecular weight excluding hydrogens is 246 g/mol. The number of aromatic nitrogens is 2. The topological polar surface area (TPSA) is 29.9 Å². The van der Waals surface area contributed by atoms with Gasteiger partial charge in [0, 0.05) is 35.6 Å². The zero-order chi connectivity index (χ0) is 13.0. The molecule has 2 aromatic rings. The summed E-state index contributed by atoms with van der Waals surface area (Å²) in [4.78, 5) is 0. The molecule has 0 spiro atoms. The van der Waals surface area contributed by atoms with Crippen molar-refractivity contribution >= 4 is 17.8 Å². The van der Waals surface area contributed by atoms with E-state index >= 15 is 0 Å². The Kier molecular flexibility index (Phi) is 4.18. The van der Waals surface area contributed by atoms with Crippen LogP contribution >= 0.6 is 11.6 Å². The van der Waals surface area contributed by atoms with Gasteiger partial charge in [0.15, 0.2) is 0 Å². The quantitative estimate of drug-likeness (QED) is 0.893. The first-order valence-electron chi connectivity index (χ1n) is 5.83. The second kappa shape index (κ2) is 5.85. The maximum absolute atomic E-state index is 5.98. The van der Waals surface area contributed by atoms with Crippen LogP contribution < -0.4 is 5.32 Å². The first-order chi connectivity index (χ1) is 8.69. The Morgan fingerprint density at radius 2 is 2.39 bits per heavy atom. The molecule has 1 aromatic carbocycles. The van der Waals surface area contributed by atoms with Crippen LogP contribution in [0.5, 0.6) is 0 Å². The fraction of sp³-hybridized carbons (Fsp3) is 0.214. The van der Waals surface area contributed by atoms with Crippen LogP contribution in [0.3, 0.4) is 0 Å². The molecule has 0 aliphatic carbocycles. The number of benzene rings is 1. The number of rotatable bonds is 5. The Labute approximate surface area is 112 Å². The molecule has 18 heavy (non-hydrogen) atoms. The lowest BCUT2D eigenvalue weighted by molar-refractivity contribution is 0.575. The fourth-order valence-corrected chi connectivity index (χ4v) is 1.93. The third-order valence-corrected chi connectivity index (χ3v) is 3.04. The van der Waals surface area contributed by atoms with Crippen molar-refractivity contribution < 1.29 is 0 Å². The van der Waals surface area contributed by atoms with E-state index in [1.54, 1.807) is 10.9 Å². The summed E-state index contributed by atoms with van der Waals surface area (Å²) in [6, 6.07) is 8.14. The van der Waals surface area contributed by atoms with E-state index in [0.717, 1.165) is 17.1 Å². The highest BCUT2D eigenvalue weighted by Crippen LogP contribution is 2.17. The Bertz CT molecular complexity index is 533. The summed E-state index contributed by atoms with van der Waals surface area (Å²) in [5.74, 6) is 0. The summed E-state index contributed by atoms with van der Waals surface area (Å²) < 4.78 is 1.70. The first-order valence-corrected chi connectivity index (χ1v) is 6.21.